The number of hydrogen-bond acceptors (Lipinski definition) is 5. The van der Waals surface area contributed by atoms with Crippen LogP contribution in [0, 0.1) is 0 Å². The molecule has 9 heteroatoms. The Kier molecular flexibility index (Phi) is 12.9. The number of rotatable bonds is 14. The zero-order valence-electron chi connectivity index (χ0n) is 23.1. The molecule has 9 nitrogen and oxygen atoms in total. The van der Waals surface area contributed by atoms with Crippen molar-refractivity contribution in [1.82, 2.24) is 15.5 Å². The number of primary amides is 1. The zero-order chi connectivity index (χ0) is 28.2. The van der Waals surface area contributed by atoms with Gasteiger partial charge in [0.15, 0.2) is 0 Å². The van der Waals surface area contributed by atoms with Gasteiger partial charge in [-0.1, -0.05) is 57.5 Å². The lowest BCUT2D eigenvalue weighted by Crippen LogP contribution is -2.56. The van der Waals surface area contributed by atoms with Crippen LogP contribution in [0.1, 0.15) is 90.8 Å². The molecule has 0 aliphatic rings. The Balaban J connectivity index is 3.52. The highest BCUT2D eigenvalue weighted by Gasteiger charge is 2.39. The first-order valence-corrected chi connectivity index (χ1v) is 12.9. The van der Waals surface area contributed by atoms with Crippen LogP contribution in [0.15, 0.2) is 30.8 Å². The number of ether oxygens (including phenoxy) is 1. The smallest absolute Gasteiger partial charge is 0.408 e. The number of carbonyl (C=O) groups excluding carboxylic acids is 4. The molecule has 0 aliphatic heterocycles. The van der Waals surface area contributed by atoms with E-state index >= 15 is 0 Å². The van der Waals surface area contributed by atoms with Gasteiger partial charge in [-0.25, -0.2) is 4.79 Å². The maximum absolute atomic E-state index is 14.0. The number of unbranched alkanes of at least 4 members (excludes halogenated alkanes) is 2. The molecule has 3 atom stereocenters. The molecule has 1 aromatic carbocycles. The normalized spacial score (nSPS) is 13.6. The molecule has 0 saturated carbocycles. The van der Waals surface area contributed by atoms with Gasteiger partial charge in [0.2, 0.25) is 17.7 Å². The Hall–Kier alpha value is -3.36. The van der Waals surface area contributed by atoms with E-state index in [2.05, 4.69) is 24.1 Å². The minimum atomic E-state index is -1.31. The van der Waals surface area contributed by atoms with Crippen LogP contribution in [0.3, 0.4) is 0 Å². The van der Waals surface area contributed by atoms with Crippen molar-refractivity contribution >= 4 is 29.9 Å². The second-order valence-corrected chi connectivity index (χ2v) is 10.1. The predicted molar refractivity (Wildman–Crippen MR) is 145 cm³/mol. The highest BCUT2D eigenvalue weighted by molar-refractivity contribution is 5.94. The fraction of sp³-hybridized carbons (Fsp3) is 0.571. The average Bonchev–Trinajstić information content (AvgIpc) is 2.82. The van der Waals surface area contributed by atoms with E-state index in [9.17, 15) is 19.2 Å². The van der Waals surface area contributed by atoms with Gasteiger partial charge in [-0.2, -0.15) is 0 Å². The molecule has 0 saturated heterocycles. The summed E-state index contributed by atoms with van der Waals surface area (Å²) >= 11 is 0. The van der Waals surface area contributed by atoms with Crippen molar-refractivity contribution in [2.45, 2.75) is 97.4 Å². The SMILES string of the molecule is C=Cc1cccc(C(C(=O)NCCCCC)N(C(=O)C(CC(N)=O)NC(=O)OC(C)(C)C)C(C)CC)c1. The molecule has 0 fully saturated rings. The van der Waals surface area contributed by atoms with Crippen LogP contribution in [-0.4, -0.2) is 52.9 Å². The van der Waals surface area contributed by atoms with Crippen molar-refractivity contribution in [3.8, 4) is 0 Å². The van der Waals surface area contributed by atoms with E-state index in [4.69, 9.17) is 10.5 Å². The second kappa shape index (κ2) is 15.0. The van der Waals surface area contributed by atoms with Gasteiger partial charge in [0.25, 0.3) is 0 Å². The van der Waals surface area contributed by atoms with Crippen LogP contribution in [0.25, 0.3) is 6.08 Å². The number of alkyl carbamates (subject to hydrolysis) is 1. The Morgan fingerprint density at radius 1 is 1.16 bits per heavy atom. The quantitative estimate of drug-likeness (QED) is 0.321. The molecule has 0 heterocycles. The molecule has 4 N–H and O–H groups in total. The van der Waals surface area contributed by atoms with E-state index in [-0.39, 0.29) is 5.91 Å². The fourth-order valence-electron chi connectivity index (χ4n) is 3.80. The number of amides is 4. The van der Waals surface area contributed by atoms with Crippen LogP contribution < -0.4 is 16.4 Å². The number of benzene rings is 1. The highest BCUT2D eigenvalue weighted by Crippen LogP contribution is 2.27. The van der Waals surface area contributed by atoms with Gasteiger partial charge in [0, 0.05) is 12.6 Å². The molecule has 1 rings (SSSR count). The minimum absolute atomic E-state index is 0.346. The van der Waals surface area contributed by atoms with E-state index in [1.165, 1.54) is 4.90 Å². The van der Waals surface area contributed by atoms with Crippen LogP contribution in [0.5, 0.6) is 0 Å². The van der Waals surface area contributed by atoms with E-state index in [0.29, 0.717) is 18.5 Å². The third-order valence-electron chi connectivity index (χ3n) is 5.78. The van der Waals surface area contributed by atoms with Gasteiger partial charge < -0.3 is 26.0 Å². The van der Waals surface area contributed by atoms with Gasteiger partial charge in [-0.3, -0.25) is 14.4 Å². The van der Waals surface area contributed by atoms with Crippen LogP contribution in [-0.2, 0) is 19.1 Å². The summed E-state index contributed by atoms with van der Waals surface area (Å²) in [4.78, 5) is 53.4. The number of nitrogens with one attached hydrogen (secondary N) is 2. The Labute approximate surface area is 221 Å². The molecule has 206 valence electrons. The minimum Gasteiger partial charge on any atom is -0.444 e. The maximum Gasteiger partial charge on any atom is 0.408 e. The van der Waals surface area contributed by atoms with Crippen molar-refractivity contribution in [3.63, 3.8) is 0 Å². The first kappa shape index (κ1) is 31.7. The Morgan fingerprint density at radius 2 is 1.84 bits per heavy atom. The number of nitrogens with two attached hydrogens (primary N) is 1. The first-order valence-electron chi connectivity index (χ1n) is 12.9. The standard InChI is InChI=1S/C28H44N4O5/c1-8-11-12-16-30-25(34)24(21-15-13-14-20(10-3)17-21)32(19(4)9-2)26(35)22(18-23(29)33)31-27(36)37-28(5,6)7/h10,13-15,17,19,22,24H,3,8-9,11-12,16,18H2,1-2,4-7H3,(H2,29,33)(H,30,34)(H,31,36). The predicted octanol–water partition coefficient (Wildman–Crippen LogP) is 4.07. The van der Waals surface area contributed by atoms with Crippen molar-refractivity contribution in [2.75, 3.05) is 6.54 Å². The molecule has 0 spiro atoms. The summed E-state index contributed by atoms with van der Waals surface area (Å²) in [5, 5.41) is 5.45. The summed E-state index contributed by atoms with van der Waals surface area (Å²) in [6.07, 6.45) is 3.67. The first-order chi connectivity index (χ1) is 17.3. The van der Waals surface area contributed by atoms with Crippen LogP contribution in [0.2, 0.25) is 0 Å². The summed E-state index contributed by atoms with van der Waals surface area (Å²) in [7, 11) is 0. The maximum atomic E-state index is 14.0. The molecule has 0 radical (unpaired) electrons. The summed E-state index contributed by atoms with van der Waals surface area (Å²) < 4.78 is 5.30. The molecular weight excluding hydrogens is 472 g/mol. The van der Waals surface area contributed by atoms with Crippen molar-refractivity contribution in [3.05, 3.63) is 42.0 Å². The van der Waals surface area contributed by atoms with Crippen molar-refractivity contribution < 1.29 is 23.9 Å². The summed E-state index contributed by atoms with van der Waals surface area (Å²) in [5.41, 5.74) is 6.00. The van der Waals surface area contributed by atoms with Gasteiger partial charge in [0.05, 0.1) is 6.42 Å². The van der Waals surface area contributed by atoms with Crippen molar-refractivity contribution in [1.29, 1.82) is 0 Å². The van der Waals surface area contributed by atoms with Crippen molar-refractivity contribution in [2.24, 2.45) is 5.73 Å². The second-order valence-electron chi connectivity index (χ2n) is 10.1. The topological polar surface area (TPSA) is 131 Å². The van der Waals surface area contributed by atoms with Gasteiger partial charge in [0.1, 0.15) is 17.7 Å². The molecule has 0 aromatic heterocycles. The molecule has 0 aliphatic carbocycles. The molecule has 37 heavy (non-hydrogen) atoms. The van der Waals surface area contributed by atoms with E-state index < -0.39 is 48.1 Å². The molecular formula is C28H44N4O5. The third-order valence-corrected chi connectivity index (χ3v) is 5.78. The number of carbonyl (C=O) groups is 4. The summed E-state index contributed by atoms with van der Waals surface area (Å²) in [6, 6.07) is 4.51. The summed E-state index contributed by atoms with van der Waals surface area (Å²) in [6.45, 7) is 15.1. The Morgan fingerprint density at radius 3 is 2.38 bits per heavy atom. The van der Waals surface area contributed by atoms with E-state index in [0.717, 1.165) is 24.8 Å². The van der Waals surface area contributed by atoms with Crippen LogP contribution in [0.4, 0.5) is 4.79 Å². The molecule has 1 aromatic rings. The molecule has 0 bridgehead atoms. The fourth-order valence-corrected chi connectivity index (χ4v) is 3.80. The number of nitrogens with zero attached hydrogens (tertiary/aromatic N) is 1. The van der Waals surface area contributed by atoms with Gasteiger partial charge >= 0.3 is 6.09 Å². The van der Waals surface area contributed by atoms with E-state index in [1.807, 2.05) is 19.9 Å². The van der Waals surface area contributed by atoms with E-state index in [1.54, 1.807) is 45.0 Å². The Bertz CT molecular complexity index is 941. The van der Waals surface area contributed by atoms with Crippen LogP contribution >= 0.6 is 0 Å². The lowest BCUT2D eigenvalue weighted by molar-refractivity contribution is -0.145. The molecule has 4 amide bonds. The largest absolute Gasteiger partial charge is 0.444 e. The lowest BCUT2D eigenvalue weighted by atomic mass is 9.97. The van der Waals surface area contributed by atoms with Gasteiger partial charge in [-0.15, -0.1) is 0 Å². The lowest BCUT2D eigenvalue weighted by Gasteiger charge is -2.38. The zero-order valence-corrected chi connectivity index (χ0v) is 23.1. The van der Waals surface area contributed by atoms with Gasteiger partial charge in [-0.05, 0) is 57.7 Å². The summed E-state index contributed by atoms with van der Waals surface area (Å²) in [5.74, 6) is -1.72. The highest BCUT2D eigenvalue weighted by atomic mass is 16.6. The third kappa shape index (κ3) is 10.7. The monoisotopic (exact) mass is 516 g/mol. The average molecular weight is 517 g/mol. The molecule has 3 unspecified atom stereocenters. The number of hydrogen-bond donors (Lipinski definition) is 3.